The van der Waals surface area contributed by atoms with E-state index in [2.05, 4.69) is 59.6 Å². The van der Waals surface area contributed by atoms with Gasteiger partial charge in [-0.1, -0.05) is 43.3 Å². The molecule has 0 saturated heterocycles. The van der Waals surface area contributed by atoms with E-state index < -0.39 is 5.97 Å². The Balaban J connectivity index is 0.000000367. The highest BCUT2D eigenvalue weighted by atomic mass is 16.4. The number of carboxylic acids is 1. The fourth-order valence-corrected chi connectivity index (χ4v) is 3.96. The minimum atomic E-state index is -0.630. The molecule has 4 rings (SSSR count). The van der Waals surface area contributed by atoms with Crippen molar-refractivity contribution in [2.45, 2.75) is 58.5 Å². The molecule has 0 heterocycles. The number of benzene rings is 2. The summed E-state index contributed by atoms with van der Waals surface area (Å²) in [6, 6.07) is 17.6. The molecule has 2 N–H and O–H groups in total. The van der Waals surface area contributed by atoms with Crippen LogP contribution in [-0.4, -0.2) is 34.5 Å². The number of nitrogens with zero attached hydrogens (tertiary/aromatic N) is 1. The van der Waals surface area contributed by atoms with Crippen LogP contribution >= 0.6 is 0 Å². The second-order valence-electron chi connectivity index (χ2n) is 8.30. The Hall–Kier alpha value is -2.66. The van der Waals surface area contributed by atoms with E-state index in [9.17, 15) is 9.59 Å². The van der Waals surface area contributed by atoms with Crippen LogP contribution in [0.5, 0.6) is 0 Å². The van der Waals surface area contributed by atoms with Gasteiger partial charge < -0.3 is 10.4 Å². The van der Waals surface area contributed by atoms with Crippen molar-refractivity contribution in [2.75, 3.05) is 11.9 Å². The van der Waals surface area contributed by atoms with Gasteiger partial charge in [0.15, 0.2) is 0 Å². The van der Waals surface area contributed by atoms with Gasteiger partial charge in [-0.3, -0.25) is 14.5 Å². The molecule has 1 amide bonds. The van der Waals surface area contributed by atoms with Crippen molar-refractivity contribution in [3.8, 4) is 0 Å². The zero-order valence-electron chi connectivity index (χ0n) is 17.9. The van der Waals surface area contributed by atoms with E-state index in [1.165, 1.54) is 16.7 Å². The first kappa shape index (κ1) is 22.0. The largest absolute Gasteiger partial charge is 0.481 e. The predicted molar refractivity (Wildman–Crippen MR) is 119 cm³/mol. The number of rotatable bonds is 7. The Kier molecular flexibility index (Phi) is 7.63. The standard InChI is InChI=1S/C21H26N2O.C4H6O2/c1-3-11-23(15-17-7-5-4-6-8-17)21-13-18-9-10-20(22-16(2)24)12-19(18)14-21;5-4(6)3-1-2-3/h4-10,12,21H,3,11,13-15H2,1-2H3,(H,22,24);3H,1-2H2,(H,5,6). The average Bonchev–Trinajstić information content (AvgIpc) is 3.48. The molecule has 1 atom stereocenters. The summed E-state index contributed by atoms with van der Waals surface area (Å²) in [7, 11) is 0. The molecule has 5 heteroatoms. The molecular formula is C25H32N2O3. The molecule has 0 aliphatic heterocycles. The van der Waals surface area contributed by atoms with Gasteiger partial charge in [0, 0.05) is 25.2 Å². The lowest BCUT2D eigenvalue weighted by molar-refractivity contribution is -0.138. The maximum atomic E-state index is 11.3. The molecule has 2 aromatic rings. The fraction of sp³-hybridized carbons (Fsp3) is 0.440. The number of hydrogen-bond donors (Lipinski definition) is 2. The van der Waals surface area contributed by atoms with Gasteiger partial charge in [0.1, 0.15) is 0 Å². The molecule has 160 valence electrons. The number of anilines is 1. The third kappa shape index (κ3) is 6.42. The quantitative estimate of drug-likeness (QED) is 0.707. The van der Waals surface area contributed by atoms with E-state index in [4.69, 9.17) is 5.11 Å². The summed E-state index contributed by atoms with van der Waals surface area (Å²) in [6.45, 7) is 5.92. The number of carbonyl (C=O) groups is 2. The number of carbonyl (C=O) groups excluding carboxylic acids is 1. The number of carboxylic acid groups (broad SMARTS) is 1. The molecule has 2 aromatic carbocycles. The molecule has 30 heavy (non-hydrogen) atoms. The summed E-state index contributed by atoms with van der Waals surface area (Å²) in [4.78, 5) is 23.6. The van der Waals surface area contributed by atoms with E-state index in [1.807, 2.05) is 6.07 Å². The molecule has 2 aliphatic rings. The Bertz CT molecular complexity index is 862. The molecule has 1 saturated carbocycles. The number of nitrogens with one attached hydrogen (secondary N) is 1. The second kappa shape index (κ2) is 10.4. The molecule has 2 aliphatic carbocycles. The number of aliphatic carboxylic acids is 1. The first-order valence-electron chi connectivity index (χ1n) is 10.9. The zero-order valence-corrected chi connectivity index (χ0v) is 17.9. The van der Waals surface area contributed by atoms with Gasteiger partial charge in [-0.15, -0.1) is 0 Å². The van der Waals surface area contributed by atoms with Crippen molar-refractivity contribution in [2.24, 2.45) is 5.92 Å². The maximum absolute atomic E-state index is 11.3. The van der Waals surface area contributed by atoms with Crippen LogP contribution in [0.4, 0.5) is 5.69 Å². The number of hydrogen-bond acceptors (Lipinski definition) is 3. The van der Waals surface area contributed by atoms with Crippen molar-refractivity contribution in [3.63, 3.8) is 0 Å². The lowest BCUT2D eigenvalue weighted by Gasteiger charge is -2.28. The summed E-state index contributed by atoms with van der Waals surface area (Å²) in [5.41, 5.74) is 5.08. The number of fused-ring (bicyclic) bond motifs is 1. The lowest BCUT2D eigenvalue weighted by atomic mass is 10.1. The topological polar surface area (TPSA) is 69.6 Å². The van der Waals surface area contributed by atoms with E-state index >= 15 is 0 Å². The van der Waals surface area contributed by atoms with Crippen LogP contribution in [0.25, 0.3) is 0 Å². The third-order valence-corrected chi connectivity index (χ3v) is 5.62. The highest BCUT2D eigenvalue weighted by molar-refractivity contribution is 5.88. The first-order chi connectivity index (χ1) is 14.5. The summed E-state index contributed by atoms with van der Waals surface area (Å²) in [6.07, 6.45) is 5.12. The molecule has 0 aromatic heterocycles. The Morgan fingerprint density at radius 1 is 1.07 bits per heavy atom. The average molecular weight is 409 g/mol. The summed E-state index contributed by atoms with van der Waals surface area (Å²) in [5, 5.41) is 10.9. The van der Waals surface area contributed by atoms with E-state index in [0.717, 1.165) is 50.9 Å². The maximum Gasteiger partial charge on any atom is 0.306 e. The van der Waals surface area contributed by atoms with Gasteiger partial charge in [-0.25, -0.2) is 0 Å². The summed E-state index contributed by atoms with van der Waals surface area (Å²) >= 11 is 0. The van der Waals surface area contributed by atoms with Crippen LogP contribution in [0.3, 0.4) is 0 Å². The van der Waals surface area contributed by atoms with Crippen LogP contribution in [0.2, 0.25) is 0 Å². The van der Waals surface area contributed by atoms with Gasteiger partial charge in [-0.2, -0.15) is 0 Å². The molecular weight excluding hydrogens is 376 g/mol. The van der Waals surface area contributed by atoms with Crippen LogP contribution in [0.1, 0.15) is 49.8 Å². The highest BCUT2D eigenvalue weighted by Gasteiger charge is 2.28. The minimum absolute atomic E-state index is 0.0128. The van der Waals surface area contributed by atoms with Gasteiger partial charge in [0.2, 0.25) is 5.91 Å². The predicted octanol–water partition coefficient (Wildman–Crippen LogP) is 4.51. The normalized spacial score (nSPS) is 17.1. The van der Waals surface area contributed by atoms with Crippen LogP contribution in [-0.2, 0) is 29.0 Å². The Morgan fingerprint density at radius 2 is 1.77 bits per heavy atom. The van der Waals surface area contributed by atoms with Gasteiger partial charge in [-0.05, 0) is 67.5 Å². The monoisotopic (exact) mass is 408 g/mol. The Labute approximate surface area is 179 Å². The van der Waals surface area contributed by atoms with Crippen molar-refractivity contribution in [3.05, 3.63) is 65.2 Å². The van der Waals surface area contributed by atoms with Crippen molar-refractivity contribution < 1.29 is 14.7 Å². The third-order valence-electron chi connectivity index (χ3n) is 5.62. The van der Waals surface area contributed by atoms with E-state index in [0.29, 0.717) is 6.04 Å². The zero-order chi connectivity index (χ0) is 21.5. The molecule has 5 nitrogen and oxygen atoms in total. The SMILES string of the molecule is CCCN(Cc1ccccc1)C1Cc2ccc(NC(C)=O)cc2C1.O=C(O)C1CC1. The van der Waals surface area contributed by atoms with Gasteiger partial charge >= 0.3 is 5.97 Å². The molecule has 0 spiro atoms. The van der Waals surface area contributed by atoms with Crippen molar-refractivity contribution >= 4 is 17.6 Å². The van der Waals surface area contributed by atoms with E-state index in [-0.39, 0.29) is 11.8 Å². The summed E-state index contributed by atoms with van der Waals surface area (Å²) < 4.78 is 0. The van der Waals surface area contributed by atoms with Crippen molar-refractivity contribution in [1.82, 2.24) is 4.90 Å². The van der Waals surface area contributed by atoms with Crippen LogP contribution < -0.4 is 5.32 Å². The molecule has 1 unspecified atom stereocenters. The smallest absolute Gasteiger partial charge is 0.306 e. The number of amides is 1. The molecule has 1 fully saturated rings. The first-order valence-corrected chi connectivity index (χ1v) is 10.9. The van der Waals surface area contributed by atoms with Crippen LogP contribution in [0, 0.1) is 5.92 Å². The molecule has 0 radical (unpaired) electrons. The lowest BCUT2D eigenvalue weighted by Crippen LogP contribution is -2.36. The Morgan fingerprint density at radius 3 is 2.33 bits per heavy atom. The van der Waals surface area contributed by atoms with Crippen LogP contribution in [0.15, 0.2) is 48.5 Å². The second-order valence-corrected chi connectivity index (χ2v) is 8.30. The minimum Gasteiger partial charge on any atom is -0.481 e. The van der Waals surface area contributed by atoms with Gasteiger partial charge in [0.25, 0.3) is 0 Å². The highest BCUT2D eigenvalue weighted by Crippen LogP contribution is 2.29. The van der Waals surface area contributed by atoms with Gasteiger partial charge in [0.05, 0.1) is 5.92 Å². The molecule has 0 bridgehead atoms. The van der Waals surface area contributed by atoms with Crippen molar-refractivity contribution in [1.29, 1.82) is 0 Å². The summed E-state index contributed by atoms with van der Waals surface area (Å²) in [5.74, 6) is -0.624. The van der Waals surface area contributed by atoms with E-state index in [1.54, 1.807) is 6.92 Å². The fourth-order valence-electron chi connectivity index (χ4n) is 3.96.